The first-order valence-corrected chi connectivity index (χ1v) is 9.41. The fourth-order valence-electron chi connectivity index (χ4n) is 3.06. The summed E-state index contributed by atoms with van der Waals surface area (Å²) in [5.74, 6) is -0.664. The van der Waals surface area contributed by atoms with Gasteiger partial charge in [-0.25, -0.2) is 13.1 Å². The van der Waals surface area contributed by atoms with Crippen LogP contribution in [0.2, 0.25) is 0 Å². The summed E-state index contributed by atoms with van der Waals surface area (Å²) in [5, 5.41) is 1.16. The second kappa shape index (κ2) is 5.96. The van der Waals surface area contributed by atoms with Crippen molar-refractivity contribution in [3.63, 3.8) is 0 Å². The molecule has 0 unspecified atom stereocenters. The number of hydrogen-bond acceptors (Lipinski definition) is 4. The zero-order valence-electron chi connectivity index (χ0n) is 13.9. The standard InChI is InChI=1S/C19H15N3O3S/c1-22-12-15(13-6-2-3-9-17(13)22)19(23)21-26(24,25)18-10-4-8-16-14(18)7-5-11-20-16/h2-12H,1H3,(H,21,23). The number of pyridine rings is 1. The first-order chi connectivity index (χ1) is 12.5. The lowest BCUT2D eigenvalue weighted by molar-refractivity contribution is 0.0983. The van der Waals surface area contributed by atoms with Crippen molar-refractivity contribution in [2.24, 2.45) is 7.05 Å². The average molecular weight is 365 g/mol. The van der Waals surface area contributed by atoms with Crippen LogP contribution in [-0.2, 0) is 17.1 Å². The van der Waals surface area contributed by atoms with E-state index >= 15 is 0 Å². The van der Waals surface area contributed by atoms with Crippen LogP contribution in [0.25, 0.3) is 21.8 Å². The van der Waals surface area contributed by atoms with Gasteiger partial charge in [-0.2, -0.15) is 0 Å². The van der Waals surface area contributed by atoms with E-state index in [0.29, 0.717) is 21.9 Å². The van der Waals surface area contributed by atoms with Crippen LogP contribution in [-0.4, -0.2) is 23.9 Å². The highest BCUT2D eigenvalue weighted by atomic mass is 32.2. The molecule has 2 aromatic carbocycles. The summed E-state index contributed by atoms with van der Waals surface area (Å²) in [6.45, 7) is 0. The summed E-state index contributed by atoms with van der Waals surface area (Å²) < 4.78 is 29.6. The summed E-state index contributed by atoms with van der Waals surface area (Å²) >= 11 is 0. The lowest BCUT2D eigenvalue weighted by Crippen LogP contribution is -2.30. The van der Waals surface area contributed by atoms with E-state index in [1.807, 2.05) is 25.2 Å². The van der Waals surface area contributed by atoms with Gasteiger partial charge in [-0.3, -0.25) is 9.78 Å². The quantitative estimate of drug-likeness (QED) is 0.605. The highest BCUT2D eigenvalue weighted by Gasteiger charge is 2.23. The van der Waals surface area contributed by atoms with Crippen LogP contribution in [0, 0.1) is 0 Å². The van der Waals surface area contributed by atoms with Crippen molar-refractivity contribution in [3.05, 3.63) is 72.6 Å². The Balaban J connectivity index is 1.77. The van der Waals surface area contributed by atoms with Gasteiger partial charge in [-0.1, -0.05) is 24.3 Å². The van der Waals surface area contributed by atoms with Crippen molar-refractivity contribution in [3.8, 4) is 0 Å². The minimum Gasteiger partial charge on any atom is -0.350 e. The van der Waals surface area contributed by atoms with Crippen LogP contribution >= 0.6 is 0 Å². The summed E-state index contributed by atoms with van der Waals surface area (Å²) in [5.41, 5.74) is 1.71. The number of fused-ring (bicyclic) bond motifs is 2. The molecule has 0 radical (unpaired) electrons. The van der Waals surface area contributed by atoms with Gasteiger partial charge in [-0.05, 0) is 30.3 Å². The van der Waals surface area contributed by atoms with Crippen molar-refractivity contribution >= 4 is 37.7 Å². The lowest BCUT2D eigenvalue weighted by atomic mass is 10.2. The molecule has 0 fully saturated rings. The predicted octanol–water partition coefficient (Wildman–Crippen LogP) is 2.85. The third kappa shape index (κ3) is 2.62. The Labute approximate surface area is 150 Å². The molecule has 0 saturated heterocycles. The topological polar surface area (TPSA) is 81.1 Å². The zero-order valence-corrected chi connectivity index (χ0v) is 14.7. The molecule has 6 nitrogen and oxygen atoms in total. The van der Waals surface area contributed by atoms with Gasteiger partial charge >= 0.3 is 0 Å². The molecule has 0 bridgehead atoms. The van der Waals surface area contributed by atoms with Crippen LogP contribution < -0.4 is 4.72 Å². The predicted molar refractivity (Wildman–Crippen MR) is 99.3 cm³/mol. The van der Waals surface area contributed by atoms with Gasteiger partial charge in [0.2, 0.25) is 0 Å². The molecule has 0 aliphatic carbocycles. The molecule has 2 heterocycles. The summed E-state index contributed by atoms with van der Waals surface area (Å²) in [4.78, 5) is 16.9. The van der Waals surface area contributed by atoms with Crippen molar-refractivity contribution in [1.29, 1.82) is 0 Å². The van der Waals surface area contributed by atoms with Gasteiger partial charge < -0.3 is 4.57 Å². The third-order valence-electron chi connectivity index (χ3n) is 4.26. The van der Waals surface area contributed by atoms with E-state index in [1.165, 1.54) is 6.07 Å². The fourth-order valence-corrected chi connectivity index (χ4v) is 4.25. The molecular weight excluding hydrogens is 350 g/mol. The molecule has 1 amide bonds. The largest absolute Gasteiger partial charge is 0.350 e. The number of carbonyl (C=O) groups excluding carboxylic acids is 1. The van der Waals surface area contributed by atoms with Gasteiger partial charge in [0.15, 0.2) is 0 Å². The molecule has 26 heavy (non-hydrogen) atoms. The Morgan fingerprint density at radius 2 is 1.77 bits per heavy atom. The van der Waals surface area contributed by atoms with Crippen molar-refractivity contribution in [2.45, 2.75) is 4.90 Å². The summed E-state index contributed by atoms with van der Waals surface area (Å²) in [6.07, 6.45) is 3.22. The first-order valence-electron chi connectivity index (χ1n) is 7.92. The monoisotopic (exact) mass is 365 g/mol. The van der Waals surface area contributed by atoms with E-state index in [9.17, 15) is 13.2 Å². The third-order valence-corrected chi connectivity index (χ3v) is 5.65. The number of carbonyl (C=O) groups is 1. The normalized spacial score (nSPS) is 11.7. The molecule has 2 aromatic heterocycles. The number of hydrogen-bond donors (Lipinski definition) is 1. The number of rotatable bonds is 3. The number of nitrogens with one attached hydrogen (secondary N) is 1. The van der Waals surface area contributed by atoms with Crippen LogP contribution in [0.5, 0.6) is 0 Å². The highest BCUT2D eigenvalue weighted by molar-refractivity contribution is 7.90. The average Bonchev–Trinajstić information content (AvgIpc) is 2.98. The zero-order chi connectivity index (χ0) is 18.3. The van der Waals surface area contributed by atoms with Crippen molar-refractivity contribution in [1.82, 2.24) is 14.3 Å². The number of para-hydroxylation sites is 1. The number of nitrogens with zero attached hydrogens (tertiary/aromatic N) is 2. The van der Waals surface area contributed by atoms with E-state index < -0.39 is 15.9 Å². The van der Waals surface area contributed by atoms with Gasteiger partial charge in [0.25, 0.3) is 15.9 Å². The van der Waals surface area contributed by atoms with E-state index in [1.54, 1.807) is 47.3 Å². The molecule has 4 aromatic rings. The van der Waals surface area contributed by atoms with Gasteiger partial charge in [0.05, 0.1) is 16.0 Å². The molecule has 0 atom stereocenters. The maximum atomic E-state index is 12.8. The van der Waals surface area contributed by atoms with Crippen LogP contribution in [0.15, 0.2) is 71.9 Å². The van der Waals surface area contributed by atoms with Crippen LogP contribution in [0.1, 0.15) is 10.4 Å². The number of sulfonamides is 1. The minimum atomic E-state index is -4.04. The minimum absolute atomic E-state index is 0.0247. The smallest absolute Gasteiger partial charge is 0.267 e. The number of amides is 1. The van der Waals surface area contributed by atoms with E-state index in [4.69, 9.17) is 0 Å². The summed E-state index contributed by atoms with van der Waals surface area (Å²) in [7, 11) is -2.23. The Bertz CT molecular complexity index is 1250. The van der Waals surface area contributed by atoms with Crippen molar-refractivity contribution in [2.75, 3.05) is 0 Å². The molecule has 0 spiro atoms. The highest BCUT2D eigenvalue weighted by Crippen LogP contribution is 2.23. The molecule has 7 heteroatoms. The molecule has 0 saturated carbocycles. The molecule has 0 aliphatic rings. The molecule has 130 valence electrons. The van der Waals surface area contributed by atoms with Gasteiger partial charge in [0.1, 0.15) is 0 Å². The Morgan fingerprint density at radius 3 is 2.62 bits per heavy atom. The molecular formula is C19H15N3O3S. The Hall–Kier alpha value is -3.19. The number of benzene rings is 2. The maximum Gasteiger partial charge on any atom is 0.267 e. The van der Waals surface area contributed by atoms with Crippen LogP contribution in [0.4, 0.5) is 0 Å². The molecule has 0 aliphatic heterocycles. The lowest BCUT2D eigenvalue weighted by Gasteiger charge is -2.09. The second-order valence-corrected chi connectivity index (χ2v) is 7.58. The fraction of sp³-hybridized carbons (Fsp3) is 0.0526. The Morgan fingerprint density at radius 1 is 1.00 bits per heavy atom. The van der Waals surface area contributed by atoms with E-state index in [0.717, 1.165) is 5.52 Å². The molecule has 1 N–H and O–H groups in total. The van der Waals surface area contributed by atoms with E-state index in [2.05, 4.69) is 9.71 Å². The number of aryl methyl sites for hydroxylation is 1. The Kier molecular flexibility index (Phi) is 3.73. The number of aromatic nitrogens is 2. The van der Waals surface area contributed by atoms with Crippen molar-refractivity contribution < 1.29 is 13.2 Å². The van der Waals surface area contributed by atoms with Gasteiger partial charge in [-0.15, -0.1) is 0 Å². The SMILES string of the molecule is Cn1cc(C(=O)NS(=O)(=O)c2cccc3ncccc23)c2ccccc21. The van der Waals surface area contributed by atoms with Crippen LogP contribution in [0.3, 0.4) is 0 Å². The molecule has 4 rings (SSSR count). The van der Waals surface area contributed by atoms with E-state index in [-0.39, 0.29) is 4.90 Å². The summed E-state index contributed by atoms with van der Waals surface area (Å²) in [6, 6.07) is 15.5. The second-order valence-electron chi connectivity index (χ2n) is 5.93. The maximum absolute atomic E-state index is 12.8. The first kappa shape index (κ1) is 16.3. The van der Waals surface area contributed by atoms with Gasteiger partial charge in [0, 0.05) is 35.7 Å².